The van der Waals surface area contributed by atoms with E-state index < -0.39 is 0 Å². The first-order valence-corrected chi connectivity index (χ1v) is 8.52. The van der Waals surface area contributed by atoms with Crippen LogP contribution in [0.4, 0.5) is 0 Å². The molecule has 1 heteroatoms. The summed E-state index contributed by atoms with van der Waals surface area (Å²) in [7, 11) is 2.15. The number of hydrogen-bond acceptors (Lipinski definition) is 1. The minimum atomic E-state index is 0.556. The molecule has 1 nitrogen and oxygen atoms in total. The number of rotatable bonds is 12. The van der Waals surface area contributed by atoms with Gasteiger partial charge >= 0.3 is 0 Å². The molecule has 1 N–H and O–H groups in total. The van der Waals surface area contributed by atoms with Crippen LogP contribution in [0.5, 0.6) is 0 Å². The molecule has 0 unspecified atom stereocenters. The van der Waals surface area contributed by atoms with Crippen molar-refractivity contribution in [3.8, 4) is 0 Å². The van der Waals surface area contributed by atoms with Gasteiger partial charge in [0.25, 0.3) is 0 Å². The first kappa shape index (κ1) is 16.0. The van der Waals surface area contributed by atoms with E-state index in [0.717, 1.165) is 0 Å². The van der Waals surface area contributed by atoms with Gasteiger partial charge in [-0.3, -0.25) is 0 Å². The summed E-state index contributed by atoms with van der Waals surface area (Å²) in [5.41, 5.74) is 0.556. The van der Waals surface area contributed by atoms with E-state index in [1.807, 2.05) is 0 Å². The molecule has 0 bridgehead atoms. The maximum Gasteiger partial charge on any atom is 0.0178 e. The van der Waals surface area contributed by atoms with Crippen LogP contribution < -0.4 is 5.32 Å². The summed E-state index contributed by atoms with van der Waals surface area (Å²) in [6.07, 6.45) is 20.2. The van der Waals surface area contributed by atoms with Crippen LogP contribution in [0, 0.1) is 0 Å². The van der Waals surface area contributed by atoms with E-state index in [0.29, 0.717) is 5.54 Å². The molecule has 0 atom stereocenters. The van der Waals surface area contributed by atoms with Crippen LogP contribution in [-0.4, -0.2) is 12.6 Å². The van der Waals surface area contributed by atoms with Crippen molar-refractivity contribution in [2.75, 3.05) is 7.05 Å². The van der Waals surface area contributed by atoms with Crippen molar-refractivity contribution < 1.29 is 0 Å². The third kappa shape index (κ3) is 6.22. The topological polar surface area (TPSA) is 12.0 Å². The van der Waals surface area contributed by atoms with Crippen LogP contribution in [-0.2, 0) is 0 Å². The lowest BCUT2D eigenvalue weighted by atomic mass is 9.73. The lowest BCUT2D eigenvalue weighted by Gasteiger charge is -2.42. The van der Waals surface area contributed by atoms with Gasteiger partial charge in [0.05, 0.1) is 0 Å². The summed E-state index contributed by atoms with van der Waals surface area (Å²) in [6.45, 7) is 2.29. The van der Waals surface area contributed by atoms with Gasteiger partial charge in [0.2, 0.25) is 0 Å². The van der Waals surface area contributed by atoms with Gasteiger partial charge < -0.3 is 5.32 Å². The Morgan fingerprint density at radius 2 is 1.28 bits per heavy atom. The Morgan fingerprint density at radius 3 is 1.67 bits per heavy atom. The monoisotopic (exact) mass is 253 g/mol. The van der Waals surface area contributed by atoms with Crippen molar-refractivity contribution >= 4 is 0 Å². The number of nitrogens with one attached hydrogen (secondary N) is 1. The highest BCUT2D eigenvalue weighted by Gasteiger charge is 2.33. The molecule has 0 spiro atoms. The maximum absolute atomic E-state index is 3.55. The fourth-order valence-electron chi connectivity index (χ4n) is 3.18. The molecule has 1 aliphatic rings. The van der Waals surface area contributed by atoms with Gasteiger partial charge in [-0.05, 0) is 32.7 Å². The normalized spacial score (nSPS) is 17.7. The van der Waals surface area contributed by atoms with E-state index >= 15 is 0 Å². The van der Waals surface area contributed by atoms with Gasteiger partial charge in [0.15, 0.2) is 0 Å². The number of hydrogen-bond donors (Lipinski definition) is 1. The van der Waals surface area contributed by atoms with Crippen molar-refractivity contribution in [2.24, 2.45) is 0 Å². The molecular formula is C17H35N. The van der Waals surface area contributed by atoms with Crippen LogP contribution in [0.2, 0.25) is 0 Å². The molecule has 18 heavy (non-hydrogen) atoms. The molecule has 1 aliphatic carbocycles. The Labute approximate surface area is 115 Å². The summed E-state index contributed by atoms with van der Waals surface area (Å²) in [5.74, 6) is 0. The van der Waals surface area contributed by atoms with Crippen LogP contribution in [0.25, 0.3) is 0 Å². The van der Waals surface area contributed by atoms with Crippen LogP contribution in [0.1, 0.15) is 96.8 Å². The molecule has 0 aromatic heterocycles. The molecule has 0 heterocycles. The maximum atomic E-state index is 3.55. The lowest BCUT2D eigenvalue weighted by Crippen LogP contribution is -2.48. The fourth-order valence-corrected chi connectivity index (χ4v) is 3.18. The van der Waals surface area contributed by atoms with Crippen LogP contribution in [0.3, 0.4) is 0 Å². The zero-order valence-electron chi connectivity index (χ0n) is 12.9. The zero-order valence-corrected chi connectivity index (χ0v) is 12.9. The van der Waals surface area contributed by atoms with E-state index in [1.54, 1.807) is 0 Å². The predicted octanol–water partition coefficient (Wildman–Crippen LogP) is 5.44. The van der Waals surface area contributed by atoms with E-state index in [2.05, 4.69) is 19.3 Å². The average molecular weight is 253 g/mol. The Kier molecular flexibility index (Phi) is 8.75. The molecule has 0 aromatic carbocycles. The van der Waals surface area contributed by atoms with Crippen molar-refractivity contribution in [2.45, 2.75) is 102 Å². The van der Waals surface area contributed by atoms with Gasteiger partial charge in [0.1, 0.15) is 0 Å². The van der Waals surface area contributed by atoms with E-state index in [4.69, 9.17) is 0 Å². The second-order valence-electron chi connectivity index (χ2n) is 6.32. The minimum Gasteiger partial charge on any atom is -0.314 e. The SMILES string of the molecule is CCCCCCCCCCCCC1(NC)CCC1. The Balaban J connectivity index is 1.78. The summed E-state index contributed by atoms with van der Waals surface area (Å²) in [4.78, 5) is 0. The highest BCUT2D eigenvalue weighted by atomic mass is 15.0. The second kappa shape index (κ2) is 9.83. The van der Waals surface area contributed by atoms with Gasteiger partial charge in [0, 0.05) is 5.54 Å². The second-order valence-corrected chi connectivity index (χ2v) is 6.32. The largest absolute Gasteiger partial charge is 0.314 e. The number of unbranched alkanes of at least 4 members (excludes halogenated alkanes) is 9. The molecule has 0 radical (unpaired) electrons. The van der Waals surface area contributed by atoms with Crippen molar-refractivity contribution in [1.82, 2.24) is 5.32 Å². The van der Waals surface area contributed by atoms with Crippen LogP contribution >= 0.6 is 0 Å². The molecule has 1 saturated carbocycles. The summed E-state index contributed by atoms with van der Waals surface area (Å²) < 4.78 is 0. The van der Waals surface area contributed by atoms with Gasteiger partial charge in [-0.25, -0.2) is 0 Å². The summed E-state index contributed by atoms with van der Waals surface area (Å²) >= 11 is 0. The first-order chi connectivity index (χ1) is 8.83. The smallest absolute Gasteiger partial charge is 0.0178 e. The highest BCUT2D eigenvalue weighted by Crippen LogP contribution is 2.35. The molecule has 0 aromatic rings. The van der Waals surface area contributed by atoms with Crippen molar-refractivity contribution in [1.29, 1.82) is 0 Å². The Morgan fingerprint density at radius 1 is 0.778 bits per heavy atom. The molecule has 0 saturated heterocycles. The molecule has 1 fully saturated rings. The molecule has 0 aliphatic heterocycles. The summed E-state index contributed by atoms with van der Waals surface area (Å²) in [6, 6.07) is 0. The quantitative estimate of drug-likeness (QED) is 0.457. The molecular weight excluding hydrogens is 218 g/mol. The lowest BCUT2D eigenvalue weighted by molar-refractivity contribution is 0.178. The minimum absolute atomic E-state index is 0.556. The van der Waals surface area contributed by atoms with Crippen molar-refractivity contribution in [3.63, 3.8) is 0 Å². The zero-order chi connectivity index (χ0) is 13.1. The van der Waals surface area contributed by atoms with Gasteiger partial charge in [-0.1, -0.05) is 71.1 Å². The van der Waals surface area contributed by atoms with Gasteiger partial charge in [-0.15, -0.1) is 0 Å². The van der Waals surface area contributed by atoms with E-state index in [1.165, 1.54) is 89.9 Å². The summed E-state index contributed by atoms with van der Waals surface area (Å²) in [5, 5.41) is 3.55. The standard InChI is InChI=1S/C17H35N/c1-3-4-5-6-7-8-9-10-11-12-14-17(18-2)15-13-16-17/h18H,3-16H2,1-2H3. The third-order valence-corrected chi connectivity index (χ3v) is 4.85. The highest BCUT2D eigenvalue weighted by molar-refractivity contribution is 4.94. The third-order valence-electron chi connectivity index (χ3n) is 4.85. The van der Waals surface area contributed by atoms with E-state index in [9.17, 15) is 0 Å². The van der Waals surface area contributed by atoms with Crippen LogP contribution in [0.15, 0.2) is 0 Å². The average Bonchev–Trinajstić information content (AvgIpc) is 2.34. The molecule has 0 amide bonds. The first-order valence-electron chi connectivity index (χ1n) is 8.52. The van der Waals surface area contributed by atoms with Crippen molar-refractivity contribution in [3.05, 3.63) is 0 Å². The molecule has 108 valence electrons. The Bertz CT molecular complexity index is 179. The predicted molar refractivity (Wildman–Crippen MR) is 82.1 cm³/mol. The fraction of sp³-hybridized carbons (Fsp3) is 1.00. The molecule has 1 rings (SSSR count). The van der Waals surface area contributed by atoms with Gasteiger partial charge in [-0.2, -0.15) is 0 Å². The Hall–Kier alpha value is -0.0400. The van der Waals surface area contributed by atoms with E-state index in [-0.39, 0.29) is 0 Å².